The van der Waals surface area contributed by atoms with E-state index in [4.69, 9.17) is 11.6 Å². The Kier molecular flexibility index (Phi) is 3.01. The van der Waals surface area contributed by atoms with Crippen LogP contribution in [-0.2, 0) is 11.2 Å². The van der Waals surface area contributed by atoms with E-state index in [9.17, 15) is 4.79 Å². The molecule has 0 aromatic heterocycles. The molecule has 0 bridgehead atoms. The van der Waals surface area contributed by atoms with Gasteiger partial charge in [-0.2, -0.15) is 0 Å². The van der Waals surface area contributed by atoms with Crippen LogP contribution in [0.3, 0.4) is 0 Å². The summed E-state index contributed by atoms with van der Waals surface area (Å²) in [7, 11) is 3.84. The third-order valence-corrected chi connectivity index (χ3v) is 2.90. The number of ketones is 1. The maximum absolute atomic E-state index is 11.8. The molecule has 0 atom stereocenters. The first-order valence-electron chi connectivity index (χ1n) is 5.28. The molecular weight excluding hydrogens is 222 g/mol. The largest absolute Gasteiger partial charge is 0.383 e. The SMILES string of the molecule is CN(C)/C=C1\C(=O)CCc2cc(Cl)ccc21. The van der Waals surface area contributed by atoms with Crippen molar-refractivity contribution in [3.63, 3.8) is 0 Å². The average Bonchev–Trinajstić information content (AvgIpc) is 2.22. The van der Waals surface area contributed by atoms with Crippen LogP contribution < -0.4 is 0 Å². The lowest BCUT2D eigenvalue weighted by Gasteiger charge is -2.19. The Bertz CT molecular complexity index is 463. The zero-order chi connectivity index (χ0) is 11.7. The van der Waals surface area contributed by atoms with Crippen LogP contribution in [-0.4, -0.2) is 24.8 Å². The second-order valence-corrected chi connectivity index (χ2v) is 4.67. The molecule has 0 N–H and O–H groups in total. The number of rotatable bonds is 1. The van der Waals surface area contributed by atoms with Crippen molar-refractivity contribution in [3.8, 4) is 0 Å². The number of halogens is 1. The van der Waals surface area contributed by atoms with Crippen LogP contribution in [0.2, 0.25) is 5.02 Å². The maximum atomic E-state index is 11.8. The number of fused-ring (bicyclic) bond motifs is 1. The Hall–Kier alpha value is -1.28. The molecule has 0 saturated heterocycles. The summed E-state index contributed by atoms with van der Waals surface area (Å²) < 4.78 is 0. The summed E-state index contributed by atoms with van der Waals surface area (Å²) in [5.41, 5.74) is 2.98. The zero-order valence-corrected chi connectivity index (χ0v) is 10.2. The topological polar surface area (TPSA) is 20.3 Å². The van der Waals surface area contributed by atoms with Gasteiger partial charge in [0.25, 0.3) is 0 Å². The van der Waals surface area contributed by atoms with Gasteiger partial charge in [-0.1, -0.05) is 17.7 Å². The van der Waals surface area contributed by atoms with E-state index in [1.54, 1.807) is 0 Å². The molecule has 0 aliphatic heterocycles. The van der Waals surface area contributed by atoms with Gasteiger partial charge >= 0.3 is 0 Å². The zero-order valence-electron chi connectivity index (χ0n) is 9.46. The number of nitrogens with zero attached hydrogens (tertiary/aromatic N) is 1. The van der Waals surface area contributed by atoms with E-state index < -0.39 is 0 Å². The summed E-state index contributed by atoms with van der Waals surface area (Å²) in [5.74, 6) is 0.212. The van der Waals surface area contributed by atoms with E-state index in [1.165, 1.54) is 5.56 Å². The quantitative estimate of drug-likeness (QED) is 0.698. The van der Waals surface area contributed by atoms with Gasteiger partial charge in [-0.25, -0.2) is 0 Å². The van der Waals surface area contributed by atoms with Crippen molar-refractivity contribution in [2.75, 3.05) is 14.1 Å². The molecule has 2 rings (SSSR count). The highest BCUT2D eigenvalue weighted by Crippen LogP contribution is 2.30. The molecule has 2 nitrogen and oxygen atoms in total. The molecule has 3 heteroatoms. The van der Waals surface area contributed by atoms with E-state index in [0.717, 1.165) is 22.6 Å². The van der Waals surface area contributed by atoms with Gasteiger partial charge in [0.15, 0.2) is 5.78 Å². The van der Waals surface area contributed by atoms with E-state index >= 15 is 0 Å². The van der Waals surface area contributed by atoms with Crippen LogP contribution in [0.5, 0.6) is 0 Å². The maximum Gasteiger partial charge on any atom is 0.165 e. The molecule has 16 heavy (non-hydrogen) atoms. The van der Waals surface area contributed by atoms with Crippen LogP contribution in [0.15, 0.2) is 24.4 Å². The Morgan fingerprint density at radius 2 is 2.06 bits per heavy atom. The van der Waals surface area contributed by atoms with Gasteiger partial charge in [0.05, 0.1) is 0 Å². The first-order valence-corrected chi connectivity index (χ1v) is 5.66. The van der Waals surface area contributed by atoms with E-state index in [-0.39, 0.29) is 5.78 Å². The molecule has 1 aliphatic rings. The van der Waals surface area contributed by atoms with E-state index in [1.807, 2.05) is 43.4 Å². The van der Waals surface area contributed by atoms with Gasteiger partial charge < -0.3 is 4.90 Å². The van der Waals surface area contributed by atoms with Crippen LogP contribution in [0.1, 0.15) is 17.5 Å². The van der Waals surface area contributed by atoms with Crippen molar-refractivity contribution in [1.29, 1.82) is 0 Å². The Morgan fingerprint density at radius 1 is 1.31 bits per heavy atom. The van der Waals surface area contributed by atoms with Crippen LogP contribution in [0.25, 0.3) is 5.57 Å². The number of benzene rings is 1. The fraction of sp³-hybridized carbons (Fsp3) is 0.308. The minimum absolute atomic E-state index is 0.212. The van der Waals surface area contributed by atoms with Gasteiger partial charge in [-0.3, -0.25) is 4.79 Å². The summed E-state index contributed by atoms with van der Waals surface area (Å²) >= 11 is 5.95. The molecule has 1 aromatic carbocycles. The Labute approximate surface area is 101 Å². The van der Waals surface area contributed by atoms with E-state index in [2.05, 4.69) is 0 Å². The van der Waals surface area contributed by atoms with E-state index in [0.29, 0.717) is 6.42 Å². The summed E-state index contributed by atoms with van der Waals surface area (Å²) in [6.07, 6.45) is 3.25. The molecule has 0 amide bonds. The summed E-state index contributed by atoms with van der Waals surface area (Å²) in [6, 6.07) is 5.72. The molecular formula is C13H14ClNO. The third-order valence-electron chi connectivity index (χ3n) is 2.67. The number of Topliss-reactive ketones (excluding diaryl/α,β-unsaturated/α-hetero) is 1. The summed E-state index contributed by atoms with van der Waals surface area (Å²) in [4.78, 5) is 13.7. The molecule has 0 saturated carbocycles. The predicted molar refractivity (Wildman–Crippen MR) is 66.4 cm³/mol. The molecule has 1 aromatic rings. The molecule has 0 radical (unpaired) electrons. The fourth-order valence-corrected chi connectivity index (χ4v) is 2.16. The standard InChI is InChI=1S/C13H14ClNO/c1-15(2)8-12-11-5-4-10(14)7-9(11)3-6-13(12)16/h4-5,7-8H,3,6H2,1-2H3/b12-8-. The Balaban J connectivity index is 2.52. The lowest BCUT2D eigenvalue weighted by molar-refractivity contribution is -0.113. The number of hydrogen-bond donors (Lipinski definition) is 0. The highest BCUT2D eigenvalue weighted by Gasteiger charge is 2.21. The van der Waals surface area contributed by atoms with Crippen molar-refractivity contribution in [3.05, 3.63) is 40.5 Å². The third kappa shape index (κ3) is 2.12. The minimum atomic E-state index is 0.212. The summed E-state index contributed by atoms with van der Waals surface area (Å²) in [5, 5.41) is 0.734. The van der Waals surface area contributed by atoms with Gasteiger partial charge in [0.1, 0.15) is 0 Å². The number of carbonyl (C=O) groups is 1. The number of carbonyl (C=O) groups excluding carboxylic acids is 1. The predicted octanol–water partition coefficient (Wildman–Crippen LogP) is 2.76. The van der Waals surface area contributed by atoms with Crippen molar-refractivity contribution in [1.82, 2.24) is 4.90 Å². The smallest absolute Gasteiger partial charge is 0.165 e. The molecule has 0 spiro atoms. The van der Waals surface area contributed by atoms with Gasteiger partial charge in [0.2, 0.25) is 0 Å². The second-order valence-electron chi connectivity index (χ2n) is 4.23. The average molecular weight is 236 g/mol. The monoisotopic (exact) mass is 235 g/mol. The van der Waals surface area contributed by atoms with Crippen molar-refractivity contribution >= 4 is 23.0 Å². The van der Waals surface area contributed by atoms with Crippen molar-refractivity contribution in [2.45, 2.75) is 12.8 Å². The molecule has 84 valence electrons. The minimum Gasteiger partial charge on any atom is -0.383 e. The van der Waals surface area contributed by atoms with Gasteiger partial charge in [0, 0.05) is 37.3 Å². The van der Waals surface area contributed by atoms with Crippen LogP contribution in [0, 0.1) is 0 Å². The first kappa shape index (κ1) is 11.2. The van der Waals surface area contributed by atoms with Crippen LogP contribution >= 0.6 is 11.6 Å². The Morgan fingerprint density at radius 3 is 2.75 bits per heavy atom. The number of allylic oxidation sites excluding steroid dienone is 1. The normalized spacial score (nSPS) is 17.4. The first-order chi connectivity index (χ1) is 7.58. The van der Waals surface area contributed by atoms with Crippen LogP contribution in [0.4, 0.5) is 0 Å². The summed E-state index contributed by atoms with van der Waals surface area (Å²) in [6.45, 7) is 0. The van der Waals surface area contributed by atoms with Crippen molar-refractivity contribution < 1.29 is 4.79 Å². The molecule has 1 aliphatic carbocycles. The fourth-order valence-electron chi connectivity index (χ4n) is 1.96. The highest BCUT2D eigenvalue weighted by atomic mass is 35.5. The molecule has 0 heterocycles. The number of aryl methyl sites for hydroxylation is 1. The van der Waals surface area contributed by atoms with Gasteiger partial charge in [-0.05, 0) is 29.7 Å². The number of hydrogen-bond acceptors (Lipinski definition) is 2. The highest BCUT2D eigenvalue weighted by molar-refractivity contribution is 6.31. The molecule has 0 unspecified atom stereocenters. The lowest BCUT2D eigenvalue weighted by Crippen LogP contribution is -2.15. The molecule has 0 fully saturated rings. The lowest BCUT2D eigenvalue weighted by atomic mass is 9.87. The van der Waals surface area contributed by atoms with Gasteiger partial charge in [-0.15, -0.1) is 0 Å². The van der Waals surface area contributed by atoms with Crippen molar-refractivity contribution in [2.24, 2.45) is 0 Å². The second kappa shape index (κ2) is 4.30.